The maximum Gasteiger partial charge on any atom is 0.211 e. The van der Waals surface area contributed by atoms with Crippen LogP contribution in [0.5, 0.6) is 0 Å². The predicted molar refractivity (Wildman–Crippen MR) is 46.3 cm³/mol. The van der Waals surface area contributed by atoms with Gasteiger partial charge in [0.1, 0.15) is 0 Å². The van der Waals surface area contributed by atoms with Crippen LogP contribution in [0.15, 0.2) is 10.2 Å². The Morgan fingerprint density at radius 2 is 2.00 bits per heavy atom. The zero-order valence-electron chi connectivity index (χ0n) is 6.75. The molecule has 0 heterocycles. The second-order valence-electron chi connectivity index (χ2n) is 3.01. The van der Waals surface area contributed by atoms with Crippen molar-refractivity contribution in [3.63, 3.8) is 0 Å². The Morgan fingerprint density at radius 1 is 1.36 bits per heavy atom. The van der Waals surface area contributed by atoms with Crippen LogP contribution in [-0.2, 0) is 0 Å². The van der Waals surface area contributed by atoms with E-state index in [0.29, 0.717) is 0 Å². The van der Waals surface area contributed by atoms with Crippen LogP contribution in [0.4, 0.5) is 0 Å². The molecular weight excluding hydrogens is 140 g/mol. The largest absolute Gasteiger partial charge is 0.369 e. The summed E-state index contributed by atoms with van der Waals surface area (Å²) in [6, 6.07) is 0. The van der Waals surface area contributed by atoms with Gasteiger partial charge in [-0.05, 0) is 32.1 Å². The third-order valence-corrected chi connectivity index (χ3v) is 1.62. The molecule has 4 heteroatoms. The first-order valence-electron chi connectivity index (χ1n) is 3.80. The van der Waals surface area contributed by atoms with Gasteiger partial charge in [-0.2, -0.15) is 5.10 Å². The van der Waals surface area contributed by atoms with E-state index >= 15 is 0 Å². The molecule has 1 aliphatic rings. The van der Waals surface area contributed by atoms with Gasteiger partial charge in [0.05, 0.1) is 0 Å². The molecule has 4 nitrogen and oxygen atoms in total. The van der Waals surface area contributed by atoms with E-state index in [0.717, 1.165) is 18.1 Å². The average Bonchev–Trinajstić information content (AvgIpc) is 2.67. The molecular formula is C7H14N4. The van der Waals surface area contributed by atoms with Crippen molar-refractivity contribution in [2.24, 2.45) is 27.6 Å². The van der Waals surface area contributed by atoms with E-state index in [1.807, 2.05) is 6.92 Å². The lowest BCUT2D eigenvalue weighted by Crippen LogP contribution is -2.22. The molecule has 0 bridgehead atoms. The number of nitrogens with two attached hydrogens (primary N) is 2. The van der Waals surface area contributed by atoms with E-state index in [9.17, 15) is 0 Å². The van der Waals surface area contributed by atoms with E-state index in [1.54, 1.807) is 0 Å². The van der Waals surface area contributed by atoms with Crippen molar-refractivity contribution in [1.82, 2.24) is 0 Å². The summed E-state index contributed by atoms with van der Waals surface area (Å²) >= 11 is 0. The molecule has 0 atom stereocenters. The highest BCUT2D eigenvalue weighted by Crippen LogP contribution is 2.32. The molecule has 11 heavy (non-hydrogen) atoms. The van der Waals surface area contributed by atoms with Crippen LogP contribution in [-0.4, -0.2) is 11.7 Å². The quantitative estimate of drug-likeness (QED) is 0.351. The molecule has 0 unspecified atom stereocenters. The molecule has 0 amide bonds. The van der Waals surface area contributed by atoms with E-state index in [-0.39, 0.29) is 5.96 Å². The lowest BCUT2D eigenvalue weighted by atomic mass is 10.2. The van der Waals surface area contributed by atoms with Crippen LogP contribution in [0.25, 0.3) is 0 Å². The second kappa shape index (κ2) is 3.37. The number of hydrogen-bond acceptors (Lipinski definition) is 2. The third kappa shape index (κ3) is 3.60. The molecule has 0 saturated heterocycles. The number of rotatable bonds is 3. The Balaban J connectivity index is 2.31. The van der Waals surface area contributed by atoms with Crippen molar-refractivity contribution >= 4 is 11.7 Å². The van der Waals surface area contributed by atoms with Gasteiger partial charge in [0.25, 0.3) is 0 Å². The summed E-state index contributed by atoms with van der Waals surface area (Å²) in [5, 5.41) is 7.42. The molecule has 62 valence electrons. The van der Waals surface area contributed by atoms with E-state index < -0.39 is 0 Å². The first kappa shape index (κ1) is 8.04. The molecule has 0 aromatic rings. The van der Waals surface area contributed by atoms with Crippen molar-refractivity contribution in [3.8, 4) is 0 Å². The fourth-order valence-electron chi connectivity index (χ4n) is 0.924. The van der Waals surface area contributed by atoms with Gasteiger partial charge in [-0.25, -0.2) is 0 Å². The molecule has 0 aromatic carbocycles. The van der Waals surface area contributed by atoms with Crippen LogP contribution in [0.1, 0.15) is 26.2 Å². The second-order valence-corrected chi connectivity index (χ2v) is 3.01. The summed E-state index contributed by atoms with van der Waals surface area (Å²) in [6.07, 6.45) is 3.69. The van der Waals surface area contributed by atoms with Crippen molar-refractivity contribution in [3.05, 3.63) is 0 Å². The van der Waals surface area contributed by atoms with Crippen molar-refractivity contribution < 1.29 is 0 Å². The standard InChI is InChI=1S/C7H14N4/c1-5(4-6-2-3-6)10-11-7(8)9/h6H,2-4H2,1H3,(H4,8,9,11). The number of guanidine groups is 1. The van der Waals surface area contributed by atoms with Gasteiger partial charge < -0.3 is 11.5 Å². The predicted octanol–water partition coefficient (Wildman–Crippen LogP) is 0.436. The normalized spacial score (nSPS) is 18.1. The van der Waals surface area contributed by atoms with Crippen LogP contribution in [0, 0.1) is 5.92 Å². The van der Waals surface area contributed by atoms with Crippen LogP contribution in [0.2, 0.25) is 0 Å². The van der Waals surface area contributed by atoms with Crippen LogP contribution >= 0.6 is 0 Å². The SMILES string of the molecule is CC(CC1CC1)=NN=C(N)N. The first-order chi connectivity index (χ1) is 5.18. The van der Waals surface area contributed by atoms with Crippen LogP contribution in [0.3, 0.4) is 0 Å². The molecule has 0 radical (unpaired) electrons. The molecule has 1 fully saturated rings. The summed E-state index contributed by atoms with van der Waals surface area (Å²) in [4.78, 5) is 0. The zero-order valence-corrected chi connectivity index (χ0v) is 6.75. The van der Waals surface area contributed by atoms with Crippen molar-refractivity contribution in [1.29, 1.82) is 0 Å². The summed E-state index contributed by atoms with van der Waals surface area (Å²) in [5.74, 6) is 0.869. The topological polar surface area (TPSA) is 76.8 Å². The van der Waals surface area contributed by atoms with E-state index in [1.165, 1.54) is 12.8 Å². The Hall–Kier alpha value is -1.06. The highest BCUT2D eigenvalue weighted by Gasteiger charge is 2.21. The summed E-state index contributed by atoms with van der Waals surface area (Å²) in [5.41, 5.74) is 11.2. The molecule has 1 saturated carbocycles. The van der Waals surface area contributed by atoms with Crippen molar-refractivity contribution in [2.45, 2.75) is 26.2 Å². The maximum atomic E-state index is 5.11. The van der Waals surface area contributed by atoms with Gasteiger partial charge in [0.2, 0.25) is 5.96 Å². The van der Waals surface area contributed by atoms with Gasteiger partial charge in [-0.1, -0.05) is 0 Å². The number of hydrogen-bond donors (Lipinski definition) is 2. The summed E-state index contributed by atoms with van der Waals surface area (Å²) in [6.45, 7) is 1.95. The van der Waals surface area contributed by atoms with Gasteiger partial charge in [-0.15, -0.1) is 5.10 Å². The number of nitrogens with zero attached hydrogens (tertiary/aromatic N) is 2. The fraction of sp³-hybridized carbons (Fsp3) is 0.714. The zero-order chi connectivity index (χ0) is 8.27. The molecule has 4 N–H and O–H groups in total. The maximum absolute atomic E-state index is 5.11. The van der Waals surface area contributed by atoms with Gasteiger partial charge in [0.15, 0.2) is 0 Å². The lowest BCUT2D eigenvalue weighted by molar-refractivity contribution is 0.885. The van der Waals surface area contributed by atoms with Gasteiger partial charge in [0, 0.05) is 5.71 Å². The molecule has 1 aliphatic carbocycles. The van der Waals surface area contributed by atoms with Gasteiger partial charge in [-0.3, -0.25) is 0 Å². The van der Waals surface area contributed by atoms with E-state index in [4.69, 9.17) is 11.5 Å². The first-order valence-corrected chi connectivity index (χ1v) is 3.80. The minimum atomic E-state index is 0.0279. The van der Waals surface area contributed by atoms with E-state index in [2.05, 4.69) is 10.2 Å². The van der Waals surface area contributed by atoms with Crippen molar-refractivity contribution in [2.75, 3.05) is 0 Å². The third-order valence-electron chi connectivity index (χ3n) is 1.62. The Kier molecular flexibility index (Phi) is 2.46. The Bertz CT molecular complexity index is 187. The van der Waals surface area contributed by atoms with Gasteiger partial charge >= 0.3 is 0 Å². The van der Waals surface area contributed by atoms with Crippen LogP contribution < -0.4 is 11.5 Å². The molecule has 0 aliphatic heterocycles. The molecule has 0 spiro atoms. The molecule has 1 rings (SSSR count). The Morgan fingerprint density at radius 3 is 2.45 bits per heavy atom. The molecule has 0 aromatic heterocycles. The highest BCUT2D eigenvalue weighted by atomic mass is 15.3. The Labute approximate surface area is 66.4 Å². The fourth-order valence-corrected chi connectivity index (χ4v) is 0.924. The minimum absolute atomic E-state index is 0.0279. The lowest BCUT2D eigenvalue weighted by Gasteiger charge is -1.93. The monoisotopic (exact) mass is 154 g/mol. The minimum Gasteiger partial charge on any atom is -0.369 e. The highest BCUT2D eigenvalue weighted by molar-refractivity contribution is 5.83. The smallest absolute Gasteiger partial charge is 0.211 e. The summed E-state index contributed by atoms with van der Waals surface area (Å²) in [7, 11) is 0. The average molecular weight is 154 g/mol. The summed E-state index contributed by atoms with van der Waals surface area (Å²) < 4.78 is 0.